The summed E-state index contributed by atoms with van der Waals surface area (Å²) >= 11 is 0. The molecule has 1 aliphatic rings. The number of benzene rings is 1. The zero-order valence-corrected chi connectivity index (χ0v) is 21.0. The zero-order chi connectivity index (χ0) is 21.0. The first kappa shape index (κ1) is 26.9. The number of nitrogens with zero attached hydrogens (tertiary/aromatic N) is 1. The number of rotatable bonds is 11. The molecule has 1 aliphatic heterocycles. The summed E-state index contributed by atoms with van der Waals surface area (Å²) in [6.45, 7) is 4.62. The lowest BCUT2D eigenvalue weighted by Crippen LogP contribution is -2.39. The standard InChI is InChI=1S/C20H34N4O4S.HI/c1-3-21-20(22-12-11-17-7-9-18(27-2)10-8-17)23-13-15-29(25,26)24-16-19-6-4-5-14-28-19;/h7-10,19,24H,3-6,11-16H2,1-2H3,(H2,21,22,23);1H. The number of guanidine groups is 1. The summed E-state index contributed by atoms with van der Waals surface area (Å²) in [6.07, 6.45) is 3.86. The molecule has 0 radical (unpaired) electrons. The van der Waals surface area contributed by atoms with Crippen molar-refractivity contribution in [2.45, 2.75) is 38.7 Å². The summed E-state index contributed by atoms with van der Waals surface area (Å²) in [7, 11) is -1.72. The van der Waals surface area contributed by atoms with Crippen molar-refractivity contribution in [2.24, 2.45) is 4.99 Å². The van der Waals surface area contributed by atoms with Crippen molar-refractivity contribution >= 4 is 40.0 Å². The molecule has 10 heteroatoms. The Bertz CT molecular complexity index is 723. The molecule has 1 fully saturated rings. The van der Waals surface area contributed by atoms with E-state index in [0.717, 1.165) is 31.4 Å². The van der Waals surface area contributed by atoms with E-state index in [9.17, 15) is 8.42 Å². The lowest BCUT2D eigenvalue weighted by Gasteiger charge is -2.22. The van der Waals surface area contributed by atoms with Crippen molar-refractivity contribution in [3.05, 3.63) is 29.8 Å². The number of halogens is 1. The Morgan fingerprint density at radius 1 is 1.23 bits per heavy atom. The first-order chi connectivity index (χ1) is 14.0. The summed E-state index contributed by atoms with van der Waals surface area (Å²) < 4.78 is 37.7. The predicted molar refractivity (Wildman–Crippen MR) is 131 cm³/mol. The van der Waals surface area contributed by atoms with Gasteiger partial charge in [0.2, 0.25) is 10.0 Å². The summed E-state index contributed by atoms with van der Waals surface area (Å²) in [6, 6.07) is 7.92. The molecule has 3 N–H and O–H groups in total. The highest BCUT2D eigenvalue weighted by Gasteiger charge is 2.17. The van der Waals surface area contributed by atoms with Gasteiger partial charge in [0.05, 0.1) is 25.5 Å². The van der Waals surface area contributed by atoms with Crippen LogP contribution in [0.4, 0.5) is 0 Å². The van der Waals surface area contributed by atoms with E-state index >= 15 is 0 Å². The second-order valence-corrected chi connectivity index (χ2v) is 8.87. The van der Waals surface area contributed by atoms with E-state index in [1.54, 1.807) is 7.11 Å². The minimum Gasteiger partial charge on any atom is -0.497 e. The minimum atomic E-state index is -3.37. The fraction of sp³-hybridized carbons (Fsp3) is 0.650. The maximum atomic E-state index is 12.2. The molecule has 0 amide bonds. The lowest BCUT2D eigenvalue weighted by atomic mass is 10.1. The lowest BCUT2D eigenvalue weighted by molar-refractivity contribution is 0.0200. The van der Waals surface area contributed by atoms with Crippen LogP contribution in [-0.2, 0) is 21.2 Å². The van der Waals surface area contributed by atoms with Gasteiger partial charge in [0.1, 0.15) is 5.75 Å². The van der Waals surface area contributed by atoms with Crippen LogP contribution in [0.3, 0.4) is 0 Å². The highest BCUT2D eigenvalue weighted by molar-refractivity contribution is 14.0. The van der Waals surface area contributed by atoms with E-state index in [4.69, 9.17) is 9.47 Å². The summed E-state index contributed by atoms with van der Waals surface area (Å²) in [5, 5.41) is 6.38. The van der Waals surface area contributed by atoms with Crippen molar-refractivity contribution in [3.8, 4) is 5.75 Å². The largest absolute Gasteiger partial charge is 0.497 e. The Balaban J connectivity index is 0.00000450. The molecule has 1 heterocycles. The average molecular weight is 554 g/mol. The summed E-state index contributed by atoms with van der Waals surface area (Å²) in [4.78, 5) is 4.38. The number of aliphatic imine (C=N–C) groups is 1. The van der Waals surface area contributed by atoms with E-state index in [0.29, 0.717) is 32.2 Å². The Morgan fingerprint density at radius 3 is 2.63 bits per heavy atom. The third-order valence-corrected chi connectivity index (χ3v) is 5.97. The highest BCUT2D eigenvalue weighted by atomic mass is 127. The molecule has 1 aromatic rings. The molecule has 0 bridgehead atoms. The van der Waals surface area contributed by atoms with Crippen molar-refractivity contribution in [3.63, 3.8) is 0 Å². The second-order valence-electron chi connectivity index (χ2n) is 6.94. The molecule has 1 saturated heterocycles. The molecule has 1 atom stereocenters. The maximum absolute atomic E-state index is 12.2. The monoisotopic (exact) mass is 554 g/mol. The van der Waals surface area contributed by atoms with Crippen LogP contribution in [0.1, 0.15) is 31.7 Å². The van der Waals surface area contributed by atoms with Crippen molar-refractivity contribution in [1.82, 2.24) is 15.4 Å². The van der Waals surface area contributed by atoms with Gasteiger partial charge in [0.15, 0.2) is 5.96 Å². The number of ether oxygens (including phenoxy) is 2. The smallest absolute Gasteiger partial charge is 0.213 e. The van der Waals surface area contributed by atoms with Gasteiger partial charge in [-0.05, 0) is 50.3 Å². The predicted octanol–water partition coefficient (Wildman–Crippen LogP) is 1.90. The molecular formula is C20H35IN4O4S. The van der Waals surface area contributed by atoms with Crippen LogP contribution < -0.4 is 20.1 Å². The molecule has 172 valence electrons. The van der Waals surface area contributed by atoms with Gasteiger partial charge in [0.25, 0.3) is 0 Å². The normalized spacial score (nSPS) is 17.1. The highest BCUT2D eigenvalue weighted by Crippen LogP contribution is 2.12. The topological polar surface area (TPSA) is 101 Å². The number of hydrogen-bond acceptors (Lipinski definition) is 5. The number of sulfonamides is 1. The van der Waals surface area contributed by atoms with Crippen LogP contribution in [0.2, 0.25) is 0 Å². The van der Waals surface area contributed by atoms with Crippen molar-refractivity contribution < 1.29 is 17.9 Å². The van der Waals surface area contributed by atoms with Crippen LogP contribution in [0, 0.1) is 0 Å². The molecule has 0 aliphatic carbocycles. The Kier molecular flexibility index (Phi) is 13.3. The van der Waals surface area contributed by atoms with Crippen LogP contribution >= 0.6 is 24.0 Å². The average Bonchev–Trinajstić information content (AvgIpc) is 2.73. The SMILES string of the molecule is CCNC(=NCCS(=O)(=O)NCC1CCCCO1)NCCc1ccc(OC)cc1.I. The van der Waals surface area contributed by atoms with Gasteiger partial charge in [-0.15, -0.1) is 24.0 Å². The van der Waals surface area contributed by atoms with Crippen molar-refractivity contribution in [2.75, 3.05) is 45.6 Å². The van der Waals surface area contributed by atoms with Crippen molar-refractivity contribution in [1.29, 1.82) is 0 Å². The summed E-state index contributed by atoms with van der Waals surface area (Å²) in [5.41, 5.74) is 1.19. The van der Waals surface area contributed by atoms with Gasteiger partial charge >= 0.3 is 0 Å². The fourth-order valence-corrected chi connectivity index (χ4v) is 3.91. The Labute approximate surface area is 197 Å². The number of hydrogen-bond donors (Lipinski definition) is 3. The second kappa shape index (κ2) is 14.8. The Morgan fingerprint density at radius 2 is 2.00 bits per heavy atom. The van der Waals surface area contributed by atoms with Crippen LogP contribution in [0.5, 0.6) is 5.75 Å². The van der Waals surface area contributed by atoms with Crippen LogP contribution in [0.15, 0.2) is 29.3 Å². The van der Waals surface area contributed by atoms with Gasteiger partial charge < -0.3 is 20.1 Å². The molecular weight excluding hydrogens is 519 g/mol. The van der Waals surface area contributed by atoms with Crippen LogP contribution in [0.25, 0.3) is 0 Å². The van der Waals surface area contributed by atoms with E-state index in [-0.39, 0.29) is 42.4 Å². The summed E-state index contributed by atoms with van der Waals surface area (Å²) in [5.74, 6) is 1.41. The molecule has 0 aromatic heterocycles. The maximum Gasteiger partial charge on any atom is 0.213 e. The van der Waals surface area contributed by atoms with E-state index < -0.39 is 10.0 Å². The third-order valence-electron chi connectivity index (χ3n) is 4.64. The van der Waals surface area contributed by atoms with Gasteiger partial charge in [-0.1, -0.05) is 12.1 Å². The van der Waals surface area contributed by atoms with Gasteiger partial charge in [-0.25, -0.2) is 13.1 Å². The number of methoxy groups -OCH3 is 1. The van der Waals surface area contributed by atoms with Gasteiger partial charge in [0, 0.05) is 26.2 Å². The first-order valence-electron chi connectivity index (χ1n) is 10.3. The number of nitrogens with one attached hydrogen (secondary N) is 3. The molecule has 30 heavy (non-hydrogen) atoms. The van der Waals surface area contributed by atoms with E-state index in [1.165, 1.54) is 5.56 Å². The third kappa shape index (κ3) is 10.8. The van der Waals surface area contributed by atoms with E-state index in [1.807, 2.05) is 31.2 Å². The zero-order valence-electron chi connectivity index (χ0n) is 17.9. The Hall–Kier alpha value is -1.11. The molecule has 8 nitrogen and oxygen atoms in total. The minimum absolute atomic E-state index is 0. The van der Waals surface area contributed by atoms with Gasteiger partial charge in [-0.3, -0.25) is 4.99 Å². The molecule has 1 unspecified atom stereocenters. The van der Waals surface area contributed by atoms with Crippen LogP contribution in [-0.4, -0.2) is 66.1 Å². The fourth-order valence-electron chi connectivity index (χ4n) is 3.00. The first-order valence-corrected chi connectivity index (χ1v) is 11.9. The quantitative estimate of drug-likeness (QED) is 0.220. The van der Waals surface area contributed by atoms with Gasteiger partial charge in [-0.2, -0.15) is 0 Å². The molecule has 0 saturated carbocycles. The molecule has 2 rings (SSSR count). The van der Waals surface area contributed by atoms with E-state index in [2.05, 4.69) is 20.3 Å². The molecule has 1 aromatic carbocycles. The molecule has 0 spiro atoms.